The number of rotatable bonds is 5. The van der Waals surface area contributed by atoms with Gasteiger partial charge in [0, 0.05) is 18.8 Å². The number of carbonyl (C=O) groups excluding carboxylic acids is 1. The molecule has 0 saturated heterocycles. The summed E-state index contributed by atoms with van der Waals surface area (Å²) in [5.74, 6) is -0.0106. The van der Waals surface area contributed by atoms with Gasteiger partial charge < -0.3 is 9.47 Å². The predicted molar refractivity (Wildman–Crippen MR) is 69.6 cm³/mol. The maximum atomic E-state index is 12.4. The van der Waals surface area contributed by atoms with Crippen molar-refractivity contribution in [1.29, 1.82) is 0 Å². The molecule has 0 saturated carbocycles. The molecule has 1 aliphatic rings. The van der Waals surface area contributed by atoms with Crippen LogP contribution in [0.15, 0.2) is 24.3 Å². The van der Waals surface area contributed by atoms with Gasteiger partial charge in [0.25, 0.3) is 0 Å². The second-order valence-electron chi connectivity index (χ2n) is 4.45. The van der Waals surface area contributed by atoms with Crippen LogP contribution in [0, 0.1) is 5.92 Å². The van der Waals surface area contributed by atoms with Crippen LogP contribution in [0.3, 0.4) is 0 Å². The lowest BCUT2D eigenvalue weighted by Gasteiger charge is -2.29. The van der Waals surface area contributed by atoms with Crippen molar-refractivity contribution in [3.8, 4) is 0 Å². The van der Waals surface area contributed by atoms with Gasteiger partial charge in [0.1, 0.15) is 0 Å². The highest BCUT2D eigenvalue weighted by Crippen LogP contribution is 2.29. The maximum absolute atomic E-state index is 12.4. The lowest BCUT2D eigenvalue weighted by molar-refractivity contribution is -0.158. The summed E-state index contributed by atoms with van der Waals surface area (Å²) in [6, 6.07) is 7.82. The lowest BCUT2D eigenvalue weighted by atomic mass is 9.82. The van der Waals surface area contributed by atoms with E-state index in [0.717, 1.165) is 24.0 Å². The van der Waals surface area contributed by atoms with Crippen molar-refractivity contribution in [3.63, 3.8) is 0 Å². The van der Waals surface area contributed by atoms with Crippen LogP contribution in [0.25, 0.3) is 0 Å². The van der Waals surface area contributed by atoms with E-state index in [9.17, 15) is 4.79 Å². The van der Waals surface area contributed by atoms with E-state index in [1.807, 2.05) is 38.1 Å². The molecule has 18 heavy (non-hydrogen) atoms. The quantitative estimate of drug-likeness (QED) is 0.752. The van der Waals surface area contributed by atoms with E-state index in [1.54, 1.807) is 0 Å². The molecule has 0 heterocycles. The first-order chi connectivity index (χ1) is 8.77. The molecule has 1 aromatic carbocycles. The number of carbonyl (C=O) groups is 1. The summed E-state index contributed by atoms with van der Waals surface area (Å²) >= 11 is 0. The predicted octanol–water partition coefficient (Wildman–Crippen LogP) is 2.83. The zero-order chi connectivity index (χ0) is 13.0. The van der Waals surface area contributed by atoms with Crippen LogP contribution in [0.1, 0.15) is 36.2 Å². The molecule has 0 aliphatic heterocycles. The number of fused-ring (bicyclic) bond motifs is 1. The first-order valence-electron chi connectivity index (χ1n) is 6.63. The molecule has 3 heteroatoms. The molecule has 0 bridgehead atoms. The topological polar surface area (TPSA) is 35.5 Å². The Morgan fingerprint density at radius 3 is 2.56 bits per heavy atom. The van der Waals surface area contributed by atoms with Gasteiger partial charge in [-0.05, 0) is 32.3 Å². The number of aryl methyl sites for hydroxylation is 1. The number of hydrogen-bond acceptors (Lipinski definition) is 3. The molecule has 98 valence electrons. The third kappa shape index (κ3) is 2.62. The molecule has 0 N–H and O–H groups in total. The van der Waals surface area contributed by atoms with Crippen molar-refractivity contribution in [3.05, 3.63) is 35.4 Å². The highest BCUT2D eigenvalue weighted by Gasteiger charge is 2.34. The van der Waals surface area contributed by atoms with Crippen LogP contribution in [-0.4, -0.2) is 25.3 Å². The third-order valence-corrected chi connectivity index (χ3v) is 3.33. The van der Waals surface area contributed by atoms with Crippen LogP contribution in [0.5, 0.6) is 0 Å². The average Bonchev–Trinajstić information content (AvgIpc) is 2.39. The van der Waals surface area contributed by atoms with E-state index in [0.29, 0.717) is 13.2 Å². The van der Waals surface area contributed by atoms with Crippen molar-refractivity contribution >= 4 is 5.78 Å². The van der Waals surface area contributed by atoms with Crippen LogP contribution >= 0.6 is 0 Å². The number of ketones is 1. The monoisotopic (exact) mass is 248 g/mol. The van der Waals surface area contributed by atoms with Crippen molar-refractivity contribution in [2.75, 3.05) is 13.2 Å². The summed E-state index contributed by atoms with van der Waals surface area (Å²) in [5.41, 5.74) is 1.98. The minimum atomic E-state index is -0.402. The van der Waals surface area contributed by atoms with Gasteiger partial charge in [-0.3, -0.25) is 4.79 Å². The van der Waals surface area contributed by atoms with Crippen molar-refractivity contribution in [2.24, 2.45) is 5.92 Å². The van der Waals surface area contributed by atoms with Gasteiger partial charge >= 0.3 is 0 Å². The zero-order valence-corrected chi connectivity index (χ0v) is 11.0. The fraction of sp³-hybridized carbons (Fsp3) is 0.533. The highest BCUT2D eigenvalue weighted by molar-refractivity contribution is 6.00. The smallest absolute Gasteiger partial charge is 0.171 e. The van der Waals surface area contributed by atoms with Crippen molar-refractivity contribution in [1.82, 2.24) is 0 Å². The molecule has 1 unspecified atom stereocenters. The minimum absolute atomic E-state index is 0.156. The van der Waals surface area contributed by atoms with Crippen LogP contribution in [-0.2, 0) is 15.9 Å². The van der Waals surface area contributed by atoms with Crippen molar-refractivity contribution < 1.29 is 14.3 Å². The maximum Gasteiger partial charge on any atom is 0.171 e. The van der Waals surface area contributed by atoms with Gasteiger partial charge in [0.15, 0.2) is 12.1 Å². The van der Waals surface area contributed by atoms with Gasteiger partial charge in [-0.2, -0.15) is 0 Å². The minimum Gasteiger partial charge on any atom is -0.352 e. The summed E-state index contributed by atoms with van der Waals surface area (Å²) in [4.78, 5) is 12.4. The Morgan fingerprint density at radius 2 is 1.89 bits per heavy atom. The molecule has 0 fully saturated rings. The molecule has 1 aromatic rings. The molecule has 0 radical (unpaired) electrons. The second-order valence-corrected chi connectivity index (χ2v) is 4.45. The summed E-state index contributed by atoms with van der Waals surface area (Å²) < 4.78 is 11.1. The number of benzene rings is 1. The van der Waals surface area contributed by atoms with E-state index >= 15 is 0 Å². The summed E-state index contributed by atoms with van der Waals surface area (Å²) in [6.07, 6.45) is 1.32. The van der Waals surface area contributed by atoms with Gasteiger partial charge in [0.2, 0.25) is 0 Å². The lowest BCUT2D eigenvalue weighted by Crippen LogP contribution is -2.36. The second kappa shape index (κ2) is 6.12. The molecule has 0 amide bonds. The molecule has 0 spiro atoms. The van der Waals surface area contributed by atoms with Crippen molar-refractivity contribution in [2.45, 2.75) is 33.0 Å². The number of hydrogen-bond donors (Lipinski definition) is 0. The Labute approximate surface area is 108 Å². The summed E-state index contributed by atoms with van der Waals surface area (Å²) in [6.45, 7) is 4.98. The summed E-state index contributed by atoms with van der Waals surface area (Å²) in [5, 5.41) is 0. The van der Waals surface area contributed by atoms with Crippen LogP contribution < -0.4 is 0 Å². The third-order valence-electron chi connectivity index (χ3n) is 3.33. The number of Topliss-reactive ketones (excluding diaryl/α,β-unsaturated/α-hetero) is 1. The normalized spacial score (nSPS) is 19.1. The summed E-state index contributed by atoms with van der Waals surface area (Å²) in [7, 11) is 0. The number of ether oxygens (including phenoxy) is 2. The van der Waals surface area contributed by atoms with Gasteiger partial charge in [-0.15, -0.1) is 0 Å². The van der Waals surface area contributed by atoms with E-state index in [4.69, 9.17) is 9.47 Å². The zero-order valence-electron chi connectivity index (χ0n) is 11.0. The Bertz CT molecular complexity index is 408. The molecule has 1 aliphatic carbocycles. The average molecular weight is 248 g/mol. The molecule has 1 atom stereocenters. The first-order valence-corrected chi connectivity index (χ1v) is 6.63. The molecule has 0 aromatic heterocycles. The van der Waals surface area contributed by atoms with E-state index in [2.05, 4.69) is 0 Å². The van der Waals surface area contributed by atoms with Gasteiger partial charge in [-0.1, -0.05) is 24.3 Å². The fourth-order valence-electron chi connectivity index (χ4n) is 2.49. The van der Waals surface area contributed by atoms with E-state index < -0.39 is 6.29 Å². The first kappa shape index (κ1) is 13.2. The van der Waals surface area contributed by atoms with E-state index in [-0.39, 0.29) is 11.7 Å². The molecular weight excluding hydrogens is 228 g/mol. The SMILES string of the molecule is CCOC(OCC)C1CCc2ccccc2C1=O. The standard InChI is InChI=1S/C15H20O3/c1-3-17-15(18-4-2)13-10-9-11-7-5-6-8-12(11)14(13)16/h5-8,13,15H,3-4,9-10H2,1-2H3. The van der Waals surface area contributed by atoms with Crippen LogP contribution in [0.2, 0.25) is 0 Å². The molecular formula is C15H20O3. The van der Waals surface area contributed by atoms with Gasteiger partial charge in [-0.25, -0.2) is 0 Å². The van der Waals surface area contributed by atoms with Crippen LogP contribution in [0.4, 0.5) is 0 Å². The Morgan fingerprint density at radius 1 is 1.22 bits per heavy atom. The Balaban J connectivity index is 2.19. The fourth-order valence-corrected chi connectivity index (χ4v) is 2.49. The highest BCUT2D eigenvalue weighted by atomic mass is 16.7. The molecule has 3 nitrogen and oxygen atoms in total. The Kier molecular flexibility index (Phi) is 4.50. The Hall–Kier alpha value is -1.19. The molecule has 2 rings (SSSR count). The largest absolute Gasteiger partial charge is 0.352 e. The van der Waals surface area contributed by atoms with Gasteiger partial charge in [0.05, 0.1) is 5.92 Å². The van der Waals surface area contributed by atoms with E-state index in [1.165, 1.54) is 0 Å².